The predicted octanol–water partition coefficient (Wildman–Crippen LogP) is 3.82. The van der Waals surface area contributed by atoms with Gasteiger partial charge in [-0.1, -0.05) is 23.7 Å². The number of aryl methyl sites for hydroxylation is 1. The maximum atomic E-state index is 13.0. The fraction of sp³-hybridized carbons (Fsp3) is 0.235. The van der Waals surface area contributed by atoms with E-state index >= 15 is 0 Å². The Labute approximate surface area is 147 Å². The highest BCUT2D eigenvalue weighted by Gasteiger charge is 2.22. The van der Waals surface area contributed by atoms with Gasteiger partial charge in [-0.15, -0.1) is 11.3 Å². The highest BCUT2D eigenvalue weighted by atomic mass is 35.5. The summed E-state index contributed by atoms with van der Waals surface area (Å²) in [6, 6.07) is 6.57. The highest BCUT2D eigenvalue weighted by molar-refractivity contribution is 7.19. The lowest BCUT2D eigenvalue weighted by atomic mass is 10.0. The van der Waals surface area contributed by atoms with Gasteiger partial charge in [-0.2, -0.15) is 0 Å². The highest BCUT2D eigenvalue weighted by Crippen LogP contribution is 2.36. The van der Waals surface area contributed by atoms with Gasteiger partial charge in [0.25, 0.3) is 5.56 Å². The van der Waals surface area contributed by atoms with E-state index in [0.717, 1.165) is 16.0 Å². The van der Waals surface area contributed by atoms with Gasteiger partial charge in [0.2, 0.25) is 0 Å². The van der Waals surface area contributed by atoms with E-state index < -0.39 is 12.0 Å². The topological polar surface area (TPSA) is 61.2 Å². The average Bonchev–Trinajstić information content (AvgIpc) is 2.91. The lowest BCUT2D eigenvalue weighted by molar-refractivity contribution is -0.144. The molecule has 0 spiro atoms. The van der Waals surface area contributed by atoms with Crippen LogP contribution in [-0.2, 0) is 9.53 Å². The van der Waals surface area contributed by atoms with E-state index in [0.29, 0.717) is 15.2 Å². The molecule has 0 saturated carbocycles. The summed E-state index contributed by atoms with van der Waals surface area (Å²) in [5, 5.41) is 1.14. The summed E-state index contributed by atoms with van der Waals surface area (Å²) in [5.41, 5.74) is 1.47. The van der Waals surface area contributed by atoms with Crippen LogP contribution in [0.2, 0.25) is 5.02 Å². The normalized spacial score (nSPS) is 12.3. The van der Waals surface area contributed by atoms with Crippen molar-refractivity contribution in [1.82, 2.24) is 9.55 Å². The fourth-order valence-electron chi connectivity index (χ4n) is 2.64. The van der Waals surface area contributed by atoms with Gasteiger partial charge in [-0.3, -0.25) is 9.36 Å². The molecule has 0 aliphatic heterocycles. The second-order valence-electron chi connectivity index (χ2n) is 5.38. The number of thiophene rings is 1. The Hall–Kier alpha value is -2.18. The molecule has 3 rings (SSSR count). The smallest absolute Gasteiger partial charge is 0.328 e. The Bertz CT molecular complexity index is 976. The molecule has 1 atom stereocenters. The minimum absolute atomic E-state index is 0.257. The minimum atomic E-state index is -0.738. The van der Waals surface area contributed by atoms with Gasteiger partial charge < -0.3 is 4.74 Å². The van der Waals surface area contributed by atoms with Crippen molar-refractivity contribution in [2.75, 3.05) is 7.11 Å². The second kappa shape index (κ2) is 6.37. The quantitative estimate of drug-likeness (QED) is 0.664. The molecule has 124 valence electrons. The summed E-state index contributed by atoms with van der Waals surface area (Å²) in [6.07, 6.45) is 1.40. The van der Waals surface area contributed by atoms with Crippen LogP contribution in [0.1, 0.15) is 17.8 Å². The summed E-state index contributed by atoms with van der Waals surface area (Å²) < 4.78 is 6.03. The molecule has 3 aromatic rings. The first-order valence-electron chi connectivity index (χ1n) is 7.28. The van der Waals surface area contributed by atoms with Gasteiger partial charge in [-0.05, 0) is 31.5 Å². The number of hydrogen-bond acceptors (Lipinski definition) is 5. The third-order valence-corrected chi connectivity index (χ3v) is 5.17. The lowest BCUT2D eigenvalue weighted by Gasteiger charge is -2.12. The van der Waals surface area contributed by atoms with Crippen LogP contribution in [0.3, 0.4) is 0 Å². The molecule has 0 N–H and O–H groups in total. The number of esters is 1. The third-order valence-electron chi connectivity index (χ3n) is 3.91. The number of methoxy groups -OCH3 is 1. The largest absolute Gasteiger partial charge is 0.467 e. The van der Waals surface area contributed by atoms with Gasteiger partial charge in [0.1, 0.15) is 10.9 Å². The van der Waals surface area contributed by atoms with Gasteiger partial charge in [-0.25, -0.2) is 9.78 Å². The van der Waals surface area contributed by atoms with E-state index in [4.69, 9.17) is 16.3 Å². The van der Waals surface area contributed by atoms with E-state index in [2.05, 4.69) is 4.98 Å². The second-order valence-corrected chi connectivity index (χ2v) is 7.02. The molecule has 0 radical (unpaired) electrons. The number of nitrogens with zero attached hydrogens (tertiary/aromatic N) is 2. The molecule has 0 aliphatic rings. The van der Waals surface area contributed by atoms with Gasteiger partial charge in [0, 0.05) is 15.5 Å². The van der Waals surface area contributed by atoms with Crippen LogP contribution in [0, 0.1) is 6.92 Å². The Morgan fingerprint density at radius 3 is 2.62 bits per heavy atom. The Kier molecular flexibility index (Phi) is 4.43. The standard InChI is InChI=1S/C17H15ClN2O3S/c1-9(17(22)23-3)20-8-19-15-14(16(20)21)13(10(2)24-15)11-4-6-12(18)7-5-11/h4-9H,1-3H3. The predicted molar refractivity (Wildman–Crippen MR) is 95.8 cm³/mol. The maximum absolute atomic E-state index is 13.0. The number of hydrogen-bond donors (Lipinski definition) is 0. The Morgan fingerprint density at radius 1 is 1.33 bits per heavy atom. The SMILES string of the molecule is COC(=O)C(C)n1cnc2sc(C)c(-c3ccc(Cl)cc3)c2c1=O. The summed E-state index contributed by atoms with van der Waals surface area (Å²) in [7, 11) is 1.30. The molecule has 1 aromatic carbocycles. The number of carbonyl (C=O) groups is 1. The first kappa shape index (κ1) is 16.7. The zero-order valence-electron chi connectivity index (χ0n) is 13.4. The van der Waals surface area contributed by atoms with Crippen molar-refractivity contribution >= 4 is 39.1 Å². The van der Waals surface area contributed by atoms with Crippen LogP contribution in [0.5, 0.6) is 0 Å². The molecule has 0 aliphatic carbocycles. The monoisotopic (exact) mass is 362 g/mol. The van der Waals surface area contributed by atoms with Crippen LogP contribution in [0.15, 0.2) is 35.4 Å². The van der Waals surface area contributed by atoms with Crippen molar-refractivity contribution in [1.29, 1.82) is 0 Å². The molecule has 7 heteroatoms. The Balaban J connectivity index is 2.27. The van der Waals surface area contributed by atoms with Crippen LogP contribution in [0.25, 0.3) is 21.3 Å². The van der Waals surface area contributed by atoms with Crippen molar-refractivity contribution in [2.24, 2.45) is 0 Å². The molecule has 5 nitrogen and oxygen atoms in total. The maximum Gasteiger partial charge on any atom is 0.328 e. The van der Waals surface area contributed by atoms with Crippen molar-refractivity contribution < 1.29 is 9.53 Å². The van der Waals surface area contributed by atoms with E-state index in [1.54, 1.807) is 19.1 Å². The fourth-order valence-corrected chi connectivity index (χ4v) is 3.77. The third kappa shape index (κ3) is 2.72. The first-order valence-corrected chi connectivity index (χ1v) is 8.47. The van der Waals surface area contributed by atoms with Crippen molar-refractivity contribution in [3.63, 3.8) is 0 Å². The molecule has 0 bridgehead atoms. The van der Waals surface area contributed by atoms with Crippen LogP contribution in [-0.4, -0.2) is 22.6 Å². The zero-order valence-corrected chi connectivity index (χ0v) is 14.9. The van der Waals surface area contributed by atoms with E-state index in [-0.39, 0.29) is 5.56 Å². The molecular formula is C17H15ClN2O3S. The van der Waals surface area contributed by atoms with E-state index in [1.165, 1.54) is 29.3 Å². The van der Waals surface area contributed by atoms with E-state index in [1.807, 2.05) is 19.1 Å². The van der Waals surface area contributed by atoms with Crippen LogP contribution in [0.4, 0.5) is 0 Å². The number of carbonyl (C=O) groups excluding carboxylic acids is 1. The molecule has 2 heterocycles. The van der Waals surface area contributed by atoms with Gasteiger partial charge in [0.15, 0.2) is 0 Å². The molecule has 1 unspecified atom stereocenters. The van der Waals surface area contributed by atoms with Crippen LogP contribution < -0.4 is 5.56 Å². The number of rotatable bonds is 3. The van der Waals surface area contributed by atoms with Crippen LogP contribution >= 0.6 is 22.9 Å². The summed E-state index contributed by atoms with van der Waals surface area (Å²) in [6.45, 7) is 3.56. The summed E-state index contributed by atoms with van der Waals surface area (Å²) in [4.78, 5) is 30.7. The van der Waals surface area contributed by atoms with Gasteiger partial charge >= 0.3 is 5.97 Å². The molecule has 0 saturated heterocycles. The minimum Gasteiger partial charge on any atom is -0.467 e. The molecule has 2 aromatic heterocycles. The van der Waals surface area contributed by atoms with Crippen molar-refractivity contribution in [2.45, 2.75) is 19.9 Å². The number of benzene rings is 1. The number of ether oxygens (including phenoxy) is 1. The van der Waals surface area contributed by atoms with Crippen molar-refractivity contribution in [3.8, 4) is 11.1 Å². The molecule has 24 heavy (non-hydrogen) atoms. The van der Waals surface area contributed by atoms with Gasteiger partial charge in [0.05, 0.1) is 18.8 Å². The average molecular weight is 363 g/mol. The molecular weight excluding hydrogens is 348 g/mol. The zero-order chi connectivity index (χ0) is 17.4. The first-order chi connectivity index (χ1) is 11.4. The van der Waals surface area contributed by atoms with E-state index in [9.17, 15) is 9.59 Å². The van der Waals surface area contributed by atoms with Crippen molar-refractivity contribution in [3.05, 3.63) is 50.8 Å². The molecule has 0 amide bonds. The lowest BCUT2D eigenvalue weighted by Crippen LogP contribution is -2.29. The summed E-state index contributed by atoms with van der Waals surface area (Å²) in [5.74, 6) is -0.488. The summed E-state index contributed by atoms with van der Waals surface area (Å²) >= 11 is 7.41. The molecule has 0 fully saturated rings. The number of fused-ring (bicyclic) bond motifs is 1. The number of aromatic nitrogens is 2. The Morgan fingerprint density at radius 2 is 2.00 bits per heavy atom. The number of halogens is 1.